The maximum Gasteiger partial charge on any atom is 0.306 e. The van der Waals surface area contributed by atoms with E-state index in [0.29, 0.717) is 12.8 Å². The van der Waals surface area contributed by atoms with Gasteiger partial charge in [-0.2, -0.15) is 0 Å². The summed E-state index contributed by atoms with van der Waals surface area (Å²) in [6.45, 7) is 4.14. The third-order valence-electron chi connectivity index (χ3n) is 5.69. The van der Waals surface area contributed by atoms with Gasteiger partial charge in [0.2, 0.25) is 0 Å². The van der Waals surface area contributed by atoms with Gasteiger partial charge in [-0.15, -0.1) is 0 Å². The van der Waals surface area contributed by atoms with Crippen molar-refractivity contribution in [3.63, 3.8) is 0 Å². The molecular weight excluding hydrogens is 348 g/mol. The predicted molar refractivity (Wildman–Crippen MR) is 121 cm³/mol. The molecule has 1 N–H and O–H groups in total. The molecule has 0 bridgehead atoms. The Morgan fingerprint density at radius 1 is 0.643 bits per heavy atom. The molecule has 0 saturated carbocycles. The smallest absolute Gasteiger partial charge is 0.306 e. The average Bonchev–Trinajstić information content (AvgIpc) is 2.71. The largest absolute Gasteiger partial charge is 0.460 e. The van der Waals surface area contributed by atoms with Gasteiger partial charge in [0.15, 0.2) is 0 Å². The maximum atomic E-state index is 11.6. The molecule has 1 atom stereocenters. The van der Waals surface area contributed by atoms with Gasteiger partial charge in [0.05, 0.1) is 6.61 Å². The zero-order valence-corrected chi connectivity index (χ0v) is 19.2. The molecule has 0 aliphatic rings. The minimum absolute atomic E-state index is 0.0681. The van der Waals surface area contributed by atoms with Crippen LogP contribution >= 0.6 is 0 Å². The third-order valence-corrected chi connectivity index (χ3v) is 5.69. The zero-order valence-electron chi connectivity index (χ0n) is 19.2. The molecule has 0 aromatic rings. The topological polar surface area (TPSA) is 46.5 Å². The highest BCUT2D eigenvalue weighted by Gasteiger charge is 2.10. The molecule has 0 aromatic carbocycles. The summed E-state index contributed by atoms with van der Waals surface area (Å²) in [7, 11) is 0. The summed E-state index contributed by atoms with van der Waals surface area (Å²) >= 11 is 0. The lowest BCUT2D eigenvalue weighted by atomic mass is 10.0. The second kappa shape index (κ2) is 22.7. The zero-order chi connectivity index (χ0) is 20.7. The molecule has 1 unspecified atom stereocenters. The number of unbranched alkanes of at least 4 members (excludes halogenated alkanes) is 17. The van der Waals surface area contributed by atoms with Crippen LogP contribution in [0.4, 0.5) is 0 Å². The van der Waals surface area contributed by atoms with Crippen molar-refractivity contribution < 1.29 is 14.6 Å². The van der Waals surface area contributed by atoms with Crippen molar-refractivity contribution >= 4 is 5.97 Å². The van der Waals surface area contributed by atoms with Gasteiger partial charge < -0.3 is 9.84 Å². The Morgan fingerprint density at radius 2 is 1.00 bits per heavy atom. The number of ether oxygens (including phenoxy) is 1. The number of carbonyl (C=O) groups is 1. The molecule has 0 amide bonds. The fraction of sp³-hybridized carbons (Fsp3) is 0.960. The van der Waals surface area contributed by atoms with Crippen molar-refractivity contribution in [1.82, 2.24) is 0 Å². The molecule has 0 radical (unpaired) electrons. The molecule has 0 saturated heterocycles. The average molecular weight is 399 g/mol. The number of carbonyl (C=O) groups excluding carboxylic acids is 1. The van der Waals surface area contributed by atoms with Gasteiger partial charge in [0.25, 0.3) is 0 Å². The SMILES string of the molecule is CCCCCCCCCCCCCCCCCCCCC(=O)OC(CC)CO. The standard InChI is InChI=1S/C25H50O3/c1-3-5-6-7-8-9-10-11-12-13-14-15-16-17-18-19-20-21-22-25(27)28-24(4-2)23-26/h24,26H,3-23H2,1-2H3. The summed E-state index contributed by atoms with van der Waals surface area (Å²) in [5.74, 6) is -0.155. The van der Waals surface area contributed by atoms with Gasteiger partial charge in [0.1, 0.15) is 6.10 Å². The van der Waals surface area contributed by atoms with E-state index in [9.17, 15) is 4.79 Å². The Kier molecular flexibility index (Phi) is 22.3. The van der Waals surface area contributed by atoms with E-state index in [1.807, 2.05) is 6.92 Å². The summed E-state index contributed by atoms with van der Waals surface area (Å²) in [6, 6.07) is 0. The van der Waals surface area contributed by atoms with E-state index in [1.54, 1.807) is 0 Å². The Labute approximate surface area is 176 Å². The molecule has 28 heavy (non-hydrogen) atoms. The number of aliphatic hydroxyl groups excluding tert-OH is 1. The summed E-state index contributed by atoms with van der Waals surface area (Å²) in [5, 5.41) is 9.03. The quantitative estimate of drug-likeness (QED) is 0.150. The molecule has 3 nitrogen and oxygen atoms in total. The van der Waals surface area contributed by atoms with Crippen molar-refractivity contribution in [2.45, 2.75) is 148 Å². The Bertz CT molecular complexity index is 313. The fourth-order valence-corrected chi connectivity index (χ4v) is 3.67. The highest BCUT2D eigenvalue weighted by Crippen LogP contribution is 2.14. The summed E-state index contributed by atoms with van der Waals surface area (Å²) in [5.41, 5.74) is 0. The molecule has 0 rings (SSSR count). The first-order valence-electron chi connectivity index (χ1n) is 12.5. The molecule has 0 aliphatic heterocycles. The lowest BCUT2D eigenvalue weighted by Crippen LogP contribution is -2.20. The Hall–Kier alpha value is -0.570. The molecule has 0 fully saturated rings. The Balaban J connectivity index is 3.15. The molecule has 0 aromatic heterocycles. The Morgan fingerprint density at radius 3 is 1.32 bits per heavy atom. The molecule has 3 heteroatoms. The summed E-state index contributed by atoms with van der Waals surface area (Å²) in [6.07, 6.45) is 25.2. The monoisotopic (exact) mass is 398 g/mol. The van der Waals surface area contributed by atoms with E-state index in [-0.39, 0.29) is 18.7 Å². The van der Waals surface area contributed by atoms with Crippen LogP contribution in [0.25, 0.3) is 0 Å². The van der Waals surface area contributed by atoms with E-state index in [2.05, 4.69) is 6.92 Å². The van der Waals surface area contributed by atoms with Crippen LogP contribution in [0.15, 0.2) is 0 Å². The first kappa shape index (κ1) is 27.4. The molecule has 0 spiro atoms. The van der Waals surface area contributed by atoms with Crippen LogP contribution in [-0.2, 0) is 9.53 Å². The van der Waals surface area contributed by atoms with Gasteiger partial charge in [0, 0.05) is 6.42 Å². The summed E-state index contributed by atoms with van der Waals surface area (Å²) in [4.78, 5) is 11.6. The second-order valence-electron chi connectivity index (χ2n) is 8.46. The fourth-order valence-electron chi connectivity index (χ4n) is 3.67. The van der Waals surface area contributed by atoms with Gasteiger partial charge in [-0.05, 0) is 12.8 Å². The van der Waals surface area contributed by atoms with E-state index in [1.165, 1.54) is 103 Å². The van der Waals surface area contributed by atoms with Crippen LogP contribution in [0.5, 0.6) is 0 Å². The van der Waals surface area contributed by atoms with Crippen molar-refractivity contribution in [2.75, 3.05) is 6.61 Å². The van der Waals surface area contributed by atoms with Crippen molar-refractivity contribution in [3.8, 4) is 0 Å². The first-order valence-corrected chi connectivity index (χ1v) is 12.5. The first-order chi connectivity index (χ1) is 13.7. The molecule has 0 heterocycles. The number of hydrogen-bond acceptors (Lipinski definition) is 3. The highest BCUT2D eigenvalue weighted by atomic mass is 16.5. The minimum atomic E-state index is -0.317. The third kappa shape index (κ3) is 20.2. The van der Waals surface area contributed by atoms with E-state index in [0.717, 1.165) is 12.8 Å². The highest BCUT2D eigenvalue weighted by molar-refractivity contribution is 5.69. The van der Waals surface area contributed by atoms with E-state index >= 15 is 0 Å². The van der Waals surface area contributed by atoms with Gasteiger partial charge >= 0.3 is 5.97 Å². The number of rotatable bonds is 22. The van der Waals surface area contributed by atoms with Crippen LogP contribution in [0.2, 0.25) is 0 Å². The van der Waals surface area contributed by atoms with E-state index in [4.69, 9.17) is 9.84 Å². The minimum Gasteiger partial charge on any atom is -0.460 e. The summed E-state index contributed by atoms with van der Waals surface area (Å²) < 4.78 is 5.19. The van der Waals surface area contributed by atoms with E-state index < -0.39 is 0 Å². The van der Waals surface area contributed by atoms with Gasteiger partial charge in [-0.25, -0.2) is 0 Å². The molecule has 168 valence electrons. The lowest BCUT2D eigenvalue weighted by molar-refractivity contribution is -0.151. The van der Waals surface area contributed by atoms with Crippen LogP contribution in [-0.4, -0.2) is 23.8 Å². The van der Waals surface area contributed by atoms with Crippen molar-refractivity contribution in [1.29, 1.82) is 0 Å². The number of hydrogen-bond donors (Lipinski definition) is 1. The second-order valence-corrected chi connectivity index (χ2v) is 8.46. The van der Waals surface area contributed by atoms with Crippen molar-refractivity contribution in [3.05, 3.63) is 0 Å². The number of aliphatic hydroxyl groups is 1. The predicted octanol–water partition coefficient (Wildman–Crippen LogP) is 7.73. The maximum absolute atomic E-state index is 11.6. The van der Waals surface area contributed by atoms with Crippen molar-refractivity contribution in [2.24, 2.45) is 0 Å². The normalized spacial score (nSPS) is 12.2. The van der Waals surface area contributed by atoms with Crippen LogP contribution in [0.3, 0.4) is 0 Å². The number of esters is 1. The van der Waals surface area contributed by atoms with Gasteiger partial charge in [-0.1, -0.05) is 123 Å². The molecule has 0 aliphatic carbocycles. The van der Waals surface area contributed by atoms with Crippen LogP contribution < -0.4 is 0 Å². The lowest BCUT2D eigenvalue weighted by Gasteiger charge is -2.12. The van der Waals surface area contributed by atoms with Crippen LogP contribution in [0, 0.1) is 0 Å². The van der Waals surface area contributed by atoms with Gasteiger partial charge in [-0.3, -0.25) is 4.79 Å². The van der Waals surface area contributed by atoms with Crippen LogP contribution in [0.1, 0.15) is 142 Å². The molecular formula is C25H50O3.